The Balaban J connectivity index is 3.23. The first-order valence-corrected chi connectivity index (χ1v) is 5.65. The molecule has 0 aliphatic rings. The van der Waals surface area contributed by atoms with Crippen LogP contribution in [0.2, 0.25) is 0 Å². The number of nitrogens with zero attached hydrogens (tertiary/aromatic N) is 1. The molecule has 0 amide bonds. The van der Waals surface area contributed by atoms with E-state index in [-0.39, 0.29) is 11.6 Å². The molecule has 1 aromatic heterocycles. The van der Waals surface area contributed by atoms with E-state index < -0.39 is 6.43 Å². The van der Waals surface area contributed by atoms with E-state index in [1.165, 1.54) is 6.20 Å². The van der Waals surface area contributed by atoms with Gasteiger partial charge in [0.2, 0.25) is 0 Å². The van der Waals surface area contributed by atoms with Crippen LogP contribution in [0.1, 0.15) is 17.7 Å². The molecule has 72 valence electrons. The zero-order chi connectivity index (χ0) is 10.0. The van der Waals surface area contributed by atoms with Crippen LogP contribution in [0.3, 0.4) is 0 Å². The van der Waals surface area contributed by atoms with Crippen LogP contribution in [0.4, 0.5) is 8.78 Å². The predicted molar refractivity (Wildman–Crippen MR) is 59.2 cm³/mol. The van der Waals surface area contributed by atoms with Crippen molar-refractivity contribution in [2.45, 2.75) is 12.3 Å². The highest BCUT2D eigenvalue weighted by atomic mass is 127. The van der Waals surface area contributed by atoms with Gasteiger partial charge < -0.3 is 0 Å². The van der Waals surface area contributed by atoms with Crippen LogP contribution in [0.15, 0.2) is 10.7 Å². The lowest BCUT2D eigenvalue weighted by molar-refractivity contribution is 0.145. The topological polar surface area (TPSA) is 12.9 Å². The summed E-state index contributed by atoms with van der Waals surface area (Å²) in [7, 11) is 0. The quantitative estimate of drug-likeness (QED) is 0.554. The van der Waals surface area contributed by atoms with Crippen molar-refractivity contribution < 1.29 is 8.78 Å². The van der Waals surface area contributed by atoms with Crippen molar-refractivity contribution in [2.24, 2.45) is 0 Å². The fourth-order valence-electron chi connectivity index (χ4n) is 0.760. The second-order valence-electron chi connectivity index (χ2n) is 2.23. The van der Waals surface area contributed by atoms with Gasteiger partial charge in [0, 0.05) is 15.6 Å². The van der Waals surface area contributed by atoms with Crippen LogP contribution in [-0.4, -0.2) is 4.98 Å². The predicted octanol–water partition coefficient (Wildman–Crippen LogP) is 4.13. The summed E-state index contributed by atoms with van der Waals surface area (Å²) in [6.07, 6.45) is -1.19. The highest BCUT2D eigenvalue weighted by Crippen LogP contribution is 2.31. The number of rotatable bonds is 2. The molecule has 0 aliphatic carbocycles. The number of hydrogen-bond donors (Lipinski definition) is 0. The summed E-state index contributed by atoms with van der Waals surface area (Å²) in [6, 6.07) is 0. The molecule has 0 aromatic carbocycles. The summed E-state index contributed by atoms with van der Waals surface area (Å²) in [5, 5.41) is 0. The van der Waals surface area contributed by atoms with Crippen LogP contribution < -0.4 is 0 Å². The molecule has 1 rings (SSSR count). The summed E-state index contributed by atoms with van der Waals surface area (Å²) < 4.78 is 25.7. The SMILES string of the molecule is FC(F)c1ncc(CCl)c(I)c1Br. The highest BCUT2D eigenvalue weighted by Gasteiger charge is 2.17. The van der Waals surface area contributed by atoms with Crippen molar-refractivity contribution in [3.8, 4) is 0 Å². The molecule has 1 aromatic rings. The monoisotopic (exact) mass is 381 g/mol. The van der Waals surface area contributed by atoms with Crippen molar-refractivity contribution in [3.63, 3.8) is 0 Å². The lowest BCUT2D eigenvalue weighted by Gasteiger charge is -2.07. The second kappa shape index (κ2) is 4.84. The summed E-state index contributed by atoms with van der Waals surface area (Å²) >= 11 is 10.6. The van der Waals surface area contributed by atoms with Crippen molar-refractivity contribution in [3.05, 3.63) is 25.5 Å². The molecule has 0 radical (unpaired) electrons. The fraction of sp³-hybridized carbons (Fsp3) is 0.286. The van der Waals surface area contributed by atoms with Gasteiger partial charge in [0.15, 0.2) is 0 Å². The highest BCUT2D eigenvalue weighted by molar-refractivity contribution is 14.1. The molecule has 0 spiro atoms. The van der Waals surface area contributed by atoms with E-state index >= 15 is 0 Å². The third-order valence-corrected chi connectivity index (χ3v) is 4.47. The average Bonchev–Trinajstić information content (AvgIpc) is 2.09. The minimum atomic E-state index is -2.56. The van der Waals surface area contributed by atoms with E-state index in [0.29, 0.717) is 8.04 Å². The summed E-state index contributed by atoms with van der Waals surface area (Å²) in [4.78, 5) is 3.62. The van der Waals surface area contributed by atoms with E-state index in [4.69, 9.17) is 11.6 Å². The molecule has 0 fully saturated rings. The zero-order valence-corrected chi connectivity index (χ0v) is 10.7. The van der Waals surface area contributed by atoms with E-state index in [9.17, 15) is 8.78 Å². The molecule has 6 heteroatoms. The van der Waals surface area contributed by atoms with Crippen LogP contribution in [0.5, 0.6) is 0 Å². The maximum atomic E-state index is 12.3. The normalized spacial score (nSPS) is 10.9. The van der Waals surface area contributed by atoms with Gasteiger partial charge in [0.05, 0.1) is 4.47 Å². The molecule has 1 nitrogen and oxygen atoms in total. The molecular weight excluding hydrogens is 378 g/mol. The maximum absolute atomic E-state index is 12.3. The number of alkyl halides is 3. The first kappa shape index (κ1) is 11.6. The van der Waals surface area contributed by atoms with Gasteiger partial charge in [-0.25, -0.2) is 8.78 Å². The number of halogens is 5. The Morgan fingerprint density at radius 1 is 1.62 bits per heavy atom. The molecule has 13 heavy (non-hydrogen) atoms. The van der Waals surface area contributed by atoms with E-state index in [2.05, 4.69) is 20.9 Å². The van der Waals surface area contributed by atoms with Gasteiger partial charge in [0.25, 0.3) is 6.43 Å². The van der Waals surface area contributed by atoms with Crippen LogP contribution in [0, 0.1) is 3.57 Å². The molecule has 0 saturated heterocycles. The van der Waals surface area contributed by atoms with Gasteiger partial charge in [0.1, 0.15) is 5.69 Å². The molecule has 0 saturated carbocycles. The second-order valence-corrected chi connectivity index (χ2v) is 4.37. The van der Waals surface area contributed by atoms with Gasteiger partial charge in [-0.15, -0.1) is 11.6 Å². The smallest absolute Gasteiger partial charge is 0.254 e. The van der Waals surface area contributed by atoms with Crippen LogP contribution in [-0.2, 0) is 5.88 Å². The standard InChI is InChI=1S/C7H4BrClF2IN/c8-4-5(12)3(1-9)2-13-6(4)7(10)11/h2,7H,1H2. The number of hydrogen-bond acceptors (Lipinski definition) is 1. The molecule has 0 unspecified atom stereocenters. The minimum Gasteiger partial charge on any atom is -0.254 e. The Kier molecular flexibility index (Phi) is 4.31. The molecular formula is C7H4BrClF2IN. The first-order chi connectivity index (χ1) is 6.07. The lowest BCUT2D eigenvalue weighted by Crippen LogP contribution is -1.97. The molecule has 0 aliphatic heterocycles. The summed E-state index contributed by atoms with van der Waals surface area (Å²) in [6.45, 7) is 0. The van der Waals surface area contributed by atoms with Crippen molar-refractivity contribution in [1.29, 1.82) is 0 Å². The van der Waals surface area contributed by atoms with Crippen molar-refractivity contribution in [2.75, 3.05) is 0 Å². The van der Waals surface area contributed by atoms with Crippen molar-refractivity contribution >= 4 is 50.1 Å². The Morgan fingerprint density at radius 2 is 2.23 bits per heavy atom. The third-order valence-electron chi connectivity index (χ3n) is 1.41. The van der Waals surface area contributed by atoms with E-state index in [1.54, 1.807) is 0 Å². The molecule has 0 atom stereocenters. The largest absolute Gasteiger partial charge is 0.281 e. The maximum Gasteiger partial charge on any atom is 0.281 e. The Labute approximate surface area is 101 Å². The molecule has 1 heterocycles. The molecule has 0 N–H and O–H groups in total. The summed E-state index contributed by atoms with van der Waals surface area (Å²) in [5.74, 6) is 0.271. The fourth-order valence-corrected chi connectivity index (χ4v) is 2.32. The van der Waals surface area contributed by atoms with E-state index in [0.717, 1.165) is 5.56 Å². The van der Waals surface area contributed by atoms with E-state index in [1.807, 2.05) is 22.6 Å². The third kappa shape index (κ3) is 2.50. The van der Waals surface area contributed by atoms with Gasteiger partial charge in [-0.1, -0.05) is 0 Å². The number of aromatic nitrogens is 1. The molecule has 0 bridgehead atoms. The summed E-state index contributed by atoms with van der Waals surface area (Å²) in [5.41, 5.74) is 0.511. The lowest BCUT2D eigenvalue weighted by atomic mass is 10.3. The van der Waals surface area contributed by atoms with Crippen LogP contribution in [0.25, 0.3) is 0 Å². The van der Waals surface area contributed by atoms with Gasteiger partial charge in [-0.05, 0) is 44.1 Å². The Morgan fingerprint density at radius 3 is 2.69 bits per heavy atom. The Bertz CT molecular complexity index is 322. The van der Waals surface area contributed by atoms with Gasteiger partial charge in [-0.2, -0.15) is 0 Å². The van der Waals surface area contributed by atoms with Crippen molar-refractivity contribution in [1.82, 2.24) is 4.98 Å². The zero-order valence-electron chi connectivity index (χ0n) is 6.20. The number of pyridine rings is 1. The Hall–Kier alpha value is 0.510. The minimum absolute atomic E-state index is 0.238. The van der Waals surface area contributed by atoms with Gasteiger partial charge >= 0.3 is 0 Å². The average molecular weight is 382 g/mol. The van der Waals surface area contributed by atoms with Crippen LogP contribution >= 0.6 is 50.1 Å². The van der Waals surface area contributed by atoms with Gasteiger partial charge in [-0.3, -0.25) is 4.98 Å². The first-order valence-electron chi connectivity index (χ1n) is 3.24.